The van der Waals surface area contributed by atoms with E-state index in [4.69, 9.17) is 10.1 Å². The number of nitrogens with one attached hydrogen (secondary N) is 2. The van der Waals surface area contributed by atoms with Crippen molar-refractivity contribution in [3.8, 4) is 0 Å². The number of rotatable bonds is 7. The molecule has 3 rings (SSSR count). The molecule has 0 unspecified atom stereocenters. The molecule has 2 aromatic rings. The van der Waals surface area contributed by atoms with E-state index in [2.05, 4.69) is 25.5 Å². The third kappa shape index (κ3) is 4.60. The van der Waals surface area contributed by atoms with E-state index in [1.165, 1.54) is 6.21 Å². The van der Waals surface area contributed by atoms with Gasteiger partial charge in [0.15, 0.2) is 0 Å². The maximum Gasteiger partial charge on any atom is 0.126 e. The van der Waals surface area contributed by atoms with Crippen LogP contribution < -0.4 is 10.6 Å². The minimum Gasteiger partial charge on any atom is -0.379 e. The molecule has 3 heterocycles. The number of nitrogens with zero attached hydrogens (tertiary/aromatic N) is 3. The van der Waals surface area contributed by atoms with Crippen molar-refractivity contribution in [1.29, 1.82) is 5.41 Å². The summed E-state index contributed by atoms with van der Waals surface area (Å²) in [7, 11) is 1.85. The van der Waals surface area contributed by atoms with Gasteiger partial charge in [0, 0.05) is 44.7 Å². The number of hydrogen-bond acceptors (Lipinski definition) is 6. The van der Waals surface area contributed by atoms with Crippen LogP contribution in [-0.2, 0) is 4.74 Å². The van der Waals surface area contributed by atoms with E-state index < -0.39 is 0 Å². The Morgan fingerprint density at radius 2 is 2.20 bits per heavy atom. The third-order valence-corrected chi connectivity index (χ3v) is 4.30. The maximum atomic E-state index is 7.71. The normalized spacial score (nSPS) is 16.1. The lowest BCUT2D eigenvalue weighted by atomic mass is 10.1. The summed E-state index contributed by atoms with van der Waals surface area (Å²) < 4.78 is 5.36. The van der Waals surface area contributed by atoms with Crippen LogP contribution in [0.2, 0.25) is 0 Å². The lowest BCUT2D eigenvalue weighted by Gasteiger charge is -2.25. The Bertz CT molecular complexity index is 754. The summed E-state index contributed by atoms with van der Waals surface area (Å²) in [5.74, 6) is 0.809. The van der Waals surface area contributed by atoms with Crippen LogP contribution in [0.5, 0.6) is 0 Å². The molecule has 1 saturated heterocycles. The van der Waals surface area contributed by atoms with E-state index in [1.54, 1.807) is 6.20 Å². The molecule has 2 aromatic heterocycles. The van der Waals surface area contributed by atoms with E-state index in [-0.39, 0.29) is 0 Å². The Balaban J connectivity index is 1.66. The largest absolute Gasteiger partial charge is 0.379 e. The van der Waals surface area contributed by atoms with Crippen molar-refractivity contribution in [2.75, 3.05) is 51.8 Å². The maximum absolute atomic E-state index is 7.71. The van der Waals surface area contributed by atoms with Gasteiger partial charge in [0.2, 0.25) is 0 Å². The number of aromatic nitrogens is 2. The molecule has 0 bridgehead atoms. The molecule has 0 radical (unpaired) electrons. The first-order chi connectivity index (χ1) is 12.3. The molecule has 1 fully saturated rings. The standard InChI is InChI=1S/C18H24N6O/c1-20-18-3-2-16-17(23-18)10-14(13-22-16)15(11-19)12-21-4-5-24-6-8-25-9-7-24/h2-3,10-13,19,21H,4-9H2,1H3,(H,20,23)/p+1/b15-12+,19-11?. The fraction of sp³-hybridized carbons (Fsp3) is 0.389. The molecular weight excluding hydrogens is 316 g/mol. The highest BCUT2D eigenvalue weighted by Crippen LogP contribution is 2.17. The SMILES string of the molecule is CNc1ccc2ncc(/C(C=N)=C/[NH2+]CCN3CCOCC3)cc2n1. The second-order valence-corrected chi connectivity index (χ2v) is 5.95. The lowest BCUT2D eigenvalue weighted by molar-refractivity contribution is -0.586. The number of ether oxygens (including phenoxy) is 1. The lowest BCUT2D eigenvalue weighted by Crippen LogP contribution is -2.80. The fourth-order valence-electron chi connectivity index (χ4n) is 2.82. The van der Waals surface area contributed by atoms with Crippen molar-refractivity contribution in [2.45, 2.75) is 0 Å². The van der Waals surface area contributed by atoms with Gasteiger partial charge in [0.25, 0.3) is 0 Å². The summed E-state index contributed by atoms with van der Waals surface area (Å²) in [4.78, 5) is 11.4. The van der Waals surface area contributed by atoms with Crippen LogP contribution in [0.1, 0.15) is 5.56 Å². The number of nitrogens with two attached hydrogens (primary N) is 1. The molecule has 7 heteroatoms. The van der Waals surface area contributed by atoms with Crippen LogP contribution in [0.4, 0.5) is 5.82 Å². The average Bonchev–Trinajstić information content (AvgIpc) is 2.68. The number of hydrogen-bond donors (Lipinski definition) is 3. The molecule has 1 aliphatic heterocycles. The van der Waals surface area contributed by atoms with Gasteiger partial charge < -0.3 is 20.8 Å². The monoisotopic (exact) mass is 341 g/mol. The number of anilines is 1. The number of fused-ring (bicyclic) bond motifs is 1. The summed E-state index contributed by atoms with van der Waals surface area (Å²) in [6.45, 7) is 5.64. The first-order valence-electron chi connectivity index (χ1n) is 8.59. The number of quaternary nitrogens is 1. The predicted molar refractivity (Wildman–Crippen MR) is 99.9 cm³/mol. The molecule has 0 spiro atoms. The van der Waals surface area contributed by atoms with Gasteiger partial charge in [-0.3, -0.25) is 9.88 Å². The Kier molecular flexibility index (Phi) is 6.05. The zero-order valence-corrected chi connectivity index (χ0v) is 14.5. The third-order valence-electron chi connectivity index (χ3n) is 4.30. The van der Waals surface area contributed by atoms with Crippen LogP contribution in [-0.4, -0.2) is 67.5 Å². The van der Waals surface area contributed by atoms with Gasteiger partial charge in [-0.05, 0) is 18.2 Å². The highest BCUT2D eigenvalue weighted by Gasteiger charge is 2.10. The van der Waals surface area contributed by atoms with E-state index >= 15 is 0 Å². The smallest absolute Gasteiger partial charge is 0.126 e. The molecular formula is C18H25N6O+. The molecule has 7 nitrogen and oxygen atoms in total. The van der Waals surface area contributed by atoms with Crippen LogP contribution in [0, 0.1) is 5.41 Å². The van der Waals surface area contributed by atoms with E-state index in [0.717, 1.165) is 67.4 Å². The van der Waals surface area contributed by atoms with Crippen molar-refractivity contribution < 1.29 is 10.1 Å². The summed E-state index contributed by atoms with van der Waals surface area (Å²) in [5, 5.41) is 12.9. The summed E-state index contributed by atoms with van der Waals surface area (Å²) in [6, 6.07) is 5.83. The van der Waals surface area contributed by atoms with Crippen molar-refractivity contribution in [3.05, 3.63) is 36.2 Å². The second-order valence-electron chi connectivity index (χ2n) is 5.95. The molecule has 0 aromatic carbocycles. The average molecular weight is 341 g/mol. The van der Waals surface area contributed by atoms with Crippen LogP contribution >= 0.6 is 0 Å². The van der Waals surface area contributed by atoms with Gasteiger partial charge in [0.05, 0.1) is 36.4 Å². The first kappa shape index (κ1) is 17.5. The Morgan fingerprint density at radius 3 is 2.96 bits per heavy atom. The van der Waals surface area contributed by atoms with Gasteiger partial charge in [-0.1, -0.05) is 0 Å². The van der Waals surface area contributed by atoms with Crippen LogP contribution in [0.3, 0.4) is 0 Å². The van der Waals surface area contributed by atoms with Crippen LogP contribution in [0.25, 0.3) is 16.6 Å². The Labute approximate surface area is 147 Å². The molecule has 132 valence electrons. The Morgan fingerprint density at radius 1 is 1.36 bits per heavy atom. The van der Waals surface area contributed by atoms with Gasteiger partial charge >= 0.3 is 0 Å². The zero-order chi connectivity index (χ0) is 17.5. The van der Waals surface area contributed by atoms with Gasteiger partial charge in [0.1, 0.15) is 12.0 Å². The molecule has 25 heavy (non-hydrogen) atoms. The van der Waals surface area contributed by atoms with E-state index in [9.17, 15) is 0 Å². The summed E-state index contributed by atoms with van der Waals surface area (Å²) >= 11 is 0. The zero-order valence-electron chi connectivity index (χ0n) is 14.5. The molecule has 0 amide bonds. The van der Waals surface area contributed by atoms with Crippen molar-refractivity contribution >= 4 is 28.6 Å². The number of allylic oxidation sites excluding steroid dienone is 1. The molecule has 0 aliphatic carbocycles. The van der Waals surface area contributed by atoms with Gasteiger partial charge in [-0.25, -0.2) is 4.98 Å². The quantitative estimate of drug-likeness (QED) is 0.506. The molecule has 0 saturated carbocycles. The minimum atomic E-state index is 0.809. The van der Waals surface area contributed by atoms with Crippen molar-refractivity contribution in [3.63, 3.8) is 0 Å². The predicted octanol–water partition coefficient (Wildman–Crippen LogP) is 0.558. The van der Waals surface area contributed by atoms with E-state index in [0.29, 0.717) is 0 Å². The topological polar surface area (TPSA) is 90.7 Å². The van der Waals surface area contributed by atoms with E-state index in [1.807, 2.05) is 31.4 Å². The molecule has 4 N–H and O–H groups in total. The fourth-order valence-corrected chi connectivity index (χ4v) is 2.82. The van der Waals surface area contributed by atoms with Crippen molar-refractivity contribution in [1.82, 2.24) is 14.9 Å². The van der Waals surface area contributed by atoms with Gasteiger partial charge in [-0.2, -0.15) is 0 Å². The molecule has 1 aliphatic rings. The second kappa shape index (κ2) is 8.66. The van der Waals surface area contributed by atoms with Gasteiger partial charge in [-0.15, -0.1) is 0 Å². The van der Waals surface area contributed by atoms with Crippen LogP contribution in [0.15, 0.2) is 30.6 Å². The number of morpholine rings is 1. The minimum absolute atomic E-state index is 0.809. The number of pyridine rings is 2. The highest BCUT2D eigenvalue weighted by molar-refractivity contribution is 6.08. The first-order valence-corrected chi connectivity index (χ1v) is 8.59. The summed E-state index contributed by atoms with van der Waals surface area (Å²) in [6.07, 6.45) is 5.17. The summed E-state index contributed by atoms with van der Waals surface area (Å²) in [5.41, 5.74) is 3.42. The van der Waals surface area contributed by atoms with Crippen molar-refractivity contribution in [2.24, 2.45) is 0 Å². The highest BCUT2D eigenvalue weighted by atomic mass is 16.5. The Hall–Kier alpha value is -2.35. The molecule has 0 atom stereocenters.